The van der Waals surface area contributed by atoms with E-state index in [0.717, 1.165) is 16.8 Å². The SMILES string of the molecule is CNC(=O)c1nnc(Nc2ccccn2)cc1Nc1cccc(-c2ncn(C)n2)c1C. The van der Waals surface area contributed by atoms with Gasteiger partial charge in [-0.15, -0.1) is 10.2 Å². The van der Waals surface area contributed by atoms with Crippen molar-refractivity contribution in [3.05, 3.63) is 66.2 Å². The van der Waals surface area contributed by atoms with Crippen LogP contribution in [0.25, 0.3) is 11.4 Å². The summed E-state index contributed by atoms with van der Waals surface area (Å²) in [6.45, 7) is 1.97. The van der Waals surface area contributed by atoms with Crippen molar-refractivity contribution in [3.63, 3.8) is 0 Å². The van der Waals surface area contributed by atoms with Crippen LogP contribution >= 0.6 is 0 Å². The molecule has 156 valence electrons. The van der Waals surface area contributed by atoms with E-state index in [1.165, 1.54) is 0 Å². The molecule has 0 bridgehead atoms. The van der Waals surface area contributed by atoms with Crippen molar-refractivity contribution in [2.24, 2.45) is 7.05 Å². The van der Waals surface area contributed by atoms with E-state index in [2.05, 4.69) is 41.2 Å². The van der Waals surface area contributed by atoms with Crippen LogP contribution < -0.4 is 16.0 Å². The first-order chi connectivity index (χ1) is 15.0. The number of pyridine rings is 1. The van der Waals surface area contributed by atoms with E-state index < -0.39 is 0 Å². The molecule has 4 aromatic rings. The average molecular weight is 415 g/mol. The number of hydrogen-bond donors (Lipinski definition) is 3. The molecule has 3 heterocycles. The molecule has 0 unspecified atom stereocenters. The molecule has 1 amide bonds. The second-order valence-electron chi connectivity index (χ2n) is 6.76. The Bertz CT molecular complexity index is 1220. The minimum atomic E-state index is -0.348. The molecule has 3 N–H and O–H groups in total. The predicted molar refractivity (Wildman–Crippen MR) is 117 cm³/mol. The van der Waals surface area contributed by atoms with Crippen LogP contribution in [0.5, 0.6) is 0 Å². The third kappa shape index (κ3) is 4.32. The fourth-order valence-electron chi connectivity index (χ4n) is 3.02. The number of amides is 1. The van der Waals surface area contributed by atoms with Crippen molar-refractivity contribution in [2.75, 3.05) is 17.7 Å². The van der Waals surface area contributed by atoms with Crippen LogP contribution in [0, 0.1) is 6.92 Å². The fraction of sp³-hybridized carbons (Fsp3) is 0.143. The number of nitrogens with one attached hydrogen (secondary N) is 3. The lowest BCUT2D eigenvalue weighted by Gasteiger charge is -2.15. The van der Waals surface area contributed by atoms with Crippen molar-refractivity contribution >= 4 is 28.9 Å². The molecule has 10 nitrogen and oxygen atoms in total. The molecule has 0 saturated carbocycles. The molecular formula is C21H21N9O. The molecule has 0 aliphatic rings. The summed E-state index contributed by atoms with van der Waals surface area (Å²) in [6.07, 6.45) is 3.33. The predicted octanol–water partition coefficient (Wildman–Crippen LogP) is 2.82. The van der Waals surface area contributed by atoms with Gasteiger partial charge in [0.15, 0.2) is 17.3 Å². The molecule has 4 rings (SSSR count). The molecule has 0 aliphatic heterocycles. The van der Waals surface area contributed by atoms with Gasteiger partial charge in [-0.2, -0.15) is 5.10 Å². The molecule has 3 aromatic heterocycles. The molecule has 0 saturated heterocycles. The number of carbonyl (C=O) groups is 1. The first-order valence-corrected chi connectivity index (χ1v) is 9.55. The van der Waals surface area contributed by atoms with Gasteiger partial charge in [0.1, 0.15) is 12.1 Å². The first kappa shape index (κ1) is 20.0. The van der Waals surface area contributed by atoms with Crippen LogP contribution in [0.15, 0.2) is 55.0 Å². The molecule has 31 heavy (non-hydrogen) atoms. The summed E-state index contributed by atoms with van der Waals surface area (Å²) in [4.78, 5) is 20.9. The number of aromatic nitrogens is 6. The van der Waals surface area contributed by atoms with E-state index in [1.807, 2.05) is 50.4 Å². The Labute approximate surface area is 178 Å². The highest BCUT2D eigenvalue weighted by molar-refractivity contribution is 5.98. The van der Waals surface area contributed by atoms with E-state index in [9.17, 15) is 4.79 Å². The number of nitrogens with zero attached hydrogens (tertiary/aromatic N) is 6. The maximum atomic E-state index is 12.4. The highest BCUT2D eigenvalue weighted by atomic mass is 16.1. The number of rotatable bonds is 6. The highest BCUT2D eigenvalue weighted by Gasteiger charge is 2.17. The first-order valence-electron chi connectivity index (χ1n) is 9.55. The van der Waals surface area contributed by atoms with Gasteiger partial charge in [-0.3, -0.25) is 9.48 Å². The third-order valence-electron chi connectivity index (χ3n) is 4.60. The Balaban J connectivity index is 1.71. The van der Waals surface area contributed by atoms with Crippen LogP contribution in [-0.2, 0) is 7.05 Å². The van der Waals surface area contributed by atoms with E-state index in [0.29, 0.717) is 23.1 Å². The molecular weight excluding hydrogens is 394 g/mol. The van der Waals surface area contributed by atoms with E-state index in [1.54, 1.807) is 30.3 Å². The number of hydrogen-bond acceptors (Lipinski definition) is 8. The third-order valence-corrected chi connectivity index (χ3v) is 4.60. The van der Waals surface area contributed by atoms with Gasteiger partial charge in [-0.05, 0) is 30.7 Å². The monoisotopic (exact) mass is 415 g/mol. The maximum Gasteiger partial charge on any atom is 0.273 e. The van der Waals surface area contributed by atoms with E-state index in [4.69, 9.17) is 0 Å². The van der Waals surface area contributed by atoms with Crippen molar-refractivity contribution in [3.8, 4) is 11.4 Å². The highest BCUT2D eigenvalue weighted by Crippen LogP contribution is 2.30. The van der Waals surface area contributed by atoms with Crippen LogP contribution in [0.2, 0.25) is 0 Å². The minimum Gasteiger partial charge on any atom is -0.354 e. The Hall–Kier alpha value is -4.34. The van der Waals surface area contributed by atoms with Gasteiger partial charge in [0.25, 0.3) is 5.91 Å². The van der Waals surface area contributed by atoms with Crippen LogP contribution in [0.1, 0.15) is 16.1 Å². The molecule has 1 aromatic carbocycles. The second-order valence-corrected chi connectivity index (χ2v) is 6.76. The molecule has 0 aliphatic carbocycles. The zero-order valence-corrected chi connectivity index (χ0v) is 17.3. The summed E-state index contributed by atoms with van der Waals surface area (Å²) in [7, 11) is 3.37. The van der Waals surface area contributed by atoms with E-state index >= 15 is 0 Å². The minimum absolute atomic E-state index is 0.176. The lowest BCUT2D eigenvalue weighted by molar-refractivity contribution is 0.0958. The molecule has 0 radical (unpaired) electrons. The standard InChI is InChI=1S/C21H21N9O/c1-13-14(20-24-12-30(3)29-20)7-6-8-15(13)25-16-11-18(26-17-9-4-5-10-23-17)27-28-19(16)21(31)22-2/h4-12H,1-3H3,(H,22,31)(H2,23,25,26,27). The Morgan fingerprint density at radius 1 is 0.968 bits per heavy atom. The maximum absolute atomic E-state index is 12.4. The zero-order valence-electron chi connectivity index (χ0n) is 17.3. The summed E-state index contributed by atoms with van der Waals surface area (Å²) in [5, 5.41) is 21.6. The Kier molecular flexibility index (Phi) is 5.52. The molecule has 0 fully saturated rings. The largest absolute Gasteiger partial charge is 0.354 e. The van der Waals surface area contributed by atoms with Gasteiger partial charge in [0.05, 0.1) is 5.69 Å². The number of benzene rings is 1. The van der Waals surface area contributed by atoms with Crippen molar-refractivity contribution < 1.29 is 4.79 Å². The van der Waals surface area contributed by atoms with Gasteiger partial charge < -0.3 is 16.0 Å². The van der Waals surface area contributed by atoms with Gasteiger partial charge in [0, 0.05) is 37.6 Å². The van der Waals surface area contributed by atoms with Gasteiger partial charge in [-0.1, -0.05) is 18.2 Å². The van der Waals surface area contributed by atoms with Gasteiger partial charge >= 0.3 is 0 Å². The summed E-state index contributed by atoms with van der Waals surface area (Å²) < 4.78 is 1.65. The number of carbonyl (C=O) groups excluding carboxylic acids is 1. The summed E-state index contributed by atoms with van der Waals surface area (Å²) in [5.41, 5.74) is 3.30. The molecule has 10 heteroatoms. The Morgan fingerprint density at radius 3 is 2.55 bits per heavy atom. The topological polar surface area (TPSA) is 123 Å². The van der Waals surface area contributed by atoms with Crippen molar-refractivity contribution in [1.29, 1.82) is 0 Å². The quantitative estimate of drug-likeness (QED) is 0.439. The second kappa shape index (κ2) is 8.57. The normalized spacial score (nSPS) is 10.5. The van der Waals surface area contributed by atoms with Crippen LogP contribution in [-0.4, -0.2) is 42.9 Å². The average Bonchev–Trinajstić information content (AvgIpc) is 3.21. The number of anilines is 4. The van der Waals surface area contributed by atoms with Crippen molar-refractivity contribution in [1.82, 2.24) is 35.3 Å². The van der Waals surface area contributed by atoms with Crippen LogP contribution in [0.3, 0.4) is 0 Å². The van der Waals surface area contributed by atoms with Gasteiger partial charge in [-0.25, -0.2) is 9.97 Å². The smallest absolute Gasteiger partial charge is 0.273 e. The van der Waals surface area contributed by atoms with Crippen LogP contribution in [0.4, 0.5) is 23.0 Å². The van der Waals surface area contributed by atoms with E-state index in [-0.39, 0.29) is 11.6 Å². The van der Waals surface area contributed by atoms with Crippen molar-refractivity contribution in [2.45, 2.75) is 6.92 Å². The zero-order chi connectivity index (χ0) is 21.8. The molecule has 0 atom stereocenters. The fourth-order valence-corrected chi connectivity index (χ4v) is 3.02. The van der Waals surface area contributed by atoms with Gasteiger partial charge in [0.2, 0.25) is 0 Å². The lowest BCUT2D eigenvalue weighted by Crippen LogP contribution is -2.21. The summed E-state index contributed by atoms with van der Waals surface area (Å²) in [5.74, 6) is 1.35. The Morgan fingerprint density at radius 2 is 1.84 bits per heavy atom. The number of aryl methyl sites for hydroxylation is 1. The molecule has 0 spiro atoms. The summed E-state index contributed by atoms with van der Waals surface area (Å²) >= 11 is 0. The lowest BCUT2D eigenvalue weighted by atomic mass is 10.1. The summed E-state index contributed by atoms with van der Waals surface area (Å²) in [6, 6.07) is 13.0.